The summed E-state index contributed by atoms with van der Waals surface area (Å²) >= 11 is 0. The van der Waals surface area contributed by atoms with Crippen molar-refractivity contribution >= 4 is 5.97 Å². The summed E-state index contributed by atoms with van der Waals surface area (Å²) in [7, 11) is 3.17. The molecule has 25 heavy (non-hydrogen) atoms. The lowest BCUT2D eigenvalue weighted by Crippen LogP contribution is -2.23. The number of rotatable bonds is 6. The van der Waals surface area contributed by atoms with Crippen molar-refractivity contribution in [2.24, 2.45) is 5.92 Å². The maximum atomic E-state index is 11.8. The van der Waals surface area contributed by atoms with E-state index in [-0.39, 0.29) is 5.92 Å². The van der Waals surface area contributed by atoms with Crippen LogP contribution in [0.4, 0.5) is 0 Å². The van der Waals surface area contributed by atoms with E-state index in [1.165, 1.54) is 0 Å². The SMILES string of the molecule is COc1cccc([C@@H]2CN(Cc3cccnc3)C[C@H]2C(=O)O)c1OC. The van der Waals surface area contributed by atoms with Crippen LogP contribution in [0.15, 0.2) is 42.7 Å². The predicted molar refractivity (Wildman–Crippen MR) is 92.9 cm³/mol. The molecule has 132 valence electrons. The average molecular weight is 342 g/mol. The molecule has 0 unspecified atom stereocenters. The van der Waals surface area contributed by atoms with Gasteiger partial charge in [0.05, 0.1) is 20.1 Å². The molecule has 2 aromatic rings. The number of hydrogen-bond acceptors (Lipinski definition) is 5. The van der Waals surface area contributed by atoms with E-state index in [1.54, 1.807) is 20.4 Å². The molecule has 2 heterocycles. The highest BCUT2D eigenvalue weighted by Gasteiger charge is 2.40. The van der Waals surface area contributed by atoms with Crippen LogP contribution in [-0.4, -0.2) is 48.3 Å². The van der Waals surface area contributed by atoms with Gasteiger partial charge in [-0.25, -0.2) is 0 Å². The van der Waals surface area contributed by atoms with Crippen molar-refractivity contribution in [3.05, 3.63) is 53.9 Å². The van der Waals surface area contributed by atoms with Crippen molar-refractivity contribution in [2.75, 3.05) is 27.3 Å². The third-order valence-electron chi connectivity index (χ3n) is 4.67. The summed E-state index contributed by atoms with van der Waals surface area (Å²) in [5.41, 5.74) is 1.95. The van der Waals surface area contributed by atoms with Crippen LogP contribution in [0, 0.1) is 5.92 Å². The Balaban J connectivity index is 1.88. The van der Waals surface area contributed by atoms with Crippen LogP contribution in [0.3, 0.4) is 0 Å². The molecular formula is C19H22N2O4. The molecule has 0 spiro atoms. The van der Waals surface area contributed by atoms with Crippen LogP contribution in [0.5, 0.6) is 11.5 Å². The summed E-state index contributed by atoms with van der Waals surface area (Å²) in [5.74, 6) is -0.195. The number of aliphatic carboxylic acids is 1. The molecule has 3 rings (SSSR count). The van der Waals surface area contributed by atoms with Gasteiger partial charge in [0.25, 0.3) is 0 Å². The summed E-state index contributed by atoms with van der Waals surface area (Å²) < 4.78 is 10.9. The highest BCUT2D eigenvalue weighted by molar-refractivity contribution is 5.73. The minimum absolute atomic E-state index is 0.153. The van der Waals surface area contributed by atoms with E-state index >= 15 is 0 Å². The Hall–Kier alpha value is -2.60. The minimum Gasteiger partial charge on any atom is -0.493 e. The molecule has 0 radical (unpaired) electrons. The van der Waals surface area contributed by atoms with E-state index in [0.29, 0.717) is 31.1 Å². The maximum absolute atomic E-state index is 11.8. The molecule has 6 heteroatoms. The quantitative estimate of drug-likeness (QED) is 0.869. The summed E-state index contributed by atoms with van der Waals surface area (Å²) in [5, 5.41) is 9.71. The van der Waals surface area contributed by atoms with Gasteiger partial charge in [-0.05, 0) is 17.7 Å². The molecule has 1 saturated heterocycles. The van der Waals surface area contributed by atoms with Crippen LogP contribution in [0.25, 0.3) is 0 Å². The first-order valence-electron chi connectivity index (χ1n) is 8.19. The number of carboxylic acids is 1. The highest BCUT2D eigenvalue weighted by Crippen LogP contribution is 2.42. The number of carboxylic acid groups (broad SMARTS) is 1. The Labute approximate surface area is 147 Å². The molecule has 0 saturated carbocycles. The Morgan fingerprint density at radius 1 is 1.24 bits per heavy atom. The van der Waals surface area contributed by atoms with E-state index in [4.69, 9.17) is 9.47 Å². The Morgan fingerprint density at radius 3 is 2.72 bits per heavy atom. The first-order chi connectivity index (χ1) is 12.1. The van der Waals surface area contributed by atoms with Crippen molar-refractivity contribution in [3.63, 3.8) is 0 Å². The standard InChI is InChI=1S/C19H22N2O4/c1-24-17-7-3-6-14(18(17)25-2)15-11-21(12-16(15)19(22)23)10-13-5-4-8-20-9-13/h3-9,15-16H,10-12H2,1-2H3,(H,22,23)/t15-,16+/m0/s1. The topological polar surface area (TPSA) is 71.9 Å². The van der Waals surface area contributed by atoms with Gasteiger partial charge in [0.2, 0.25) is 0 Å². The van der Waals surface area contributed by atoms with Crippen molar-refractivity contribution in [2.45, 2.75) is 12.5 Å². The maximum Gasteiger partial charge on any atom is 0.308 e. The Kier molecular flexibility index (Phi) is 5.19. The number of benzene rings is 1. The number of likely N-dealkylation sites (tertiary alicyclic amines) is 1. The number of para-hydroxylation sites is 1. The molecule has 1 aliphatic rings. The second-order valence-electron chi connectivity index (χ2n) is 6.19. The zero-order chi connectivity index (χ0) is 17.8. The summed E-state index contributed by atoms with van der Waals surface area (Å²) in [6, 6.07) is 9.51. The second kappa shape index (κ2) is 7.53. The van der Waals surface area contributed by atoms with Gasteiger partial charge in [0.15, 0.2) is 11.5 Å². The van der Waals surface area contributed by atoms with Gasteiger partial charge in [-0.3, -0.25) is 14.7 Å². The van der Waals surface area contributed by atoms with Gasteiger partial charge in [0.1, 0.15) is 0 Å². The summed E-state index contributed by atoms with van der Waals surface area (Å²) in [4.78, 5) is 18.1. The molecule has 6 nitrogen and oxygen atoms in total. The first kappa shape index (κ1) is 17.2. The Morgan fingerprint density at radius 2 is 2.08 bits per heavy atom. The highest BCUT2D eigenvalue weighted by atomic mass is 16.5. The third-order valence-corrected chi connectivity index (χ3v) is 4.67. The zero-order valence-electron chi connectivity index (χ0n) is 14.4. The van der Waals surface area contributed by atoms with Gasteiger partial charge >= 0.3 is 5.97 Å². The van der Waals surface area contributed by atoms with Crippen molar-refractivity contribution in [1.82, 2.24) is 9.88 Å². The number of nitrogens with zero attached hydrogens (tertiary/aromatic N) is 2. The molecular weight excluding hydrogens is 320 g/mol. The fraction of sp³-hybridized carbons (Fsp3) is 0.368. The van der Waals surface area contributed by atoms with Gasteiger partial charge in [0, 0.05) is 43.5 Å². The van der Waals surface area contributed by atoms with Crippen LogP contribution < -0.4 is 9.47 Å². The molecule has 1 aromatic carbocycles. The zero-order valence-corrected chi connectivity index (χ0v) is 14.4. The van der Waals surface area contributed by atoms with Crippen molar-refractivity contribution in [1.29, 1.82) is 0 Å². The number of pyridine rings is 1. The van der Waals surface area contributed by atoms with Crippen LogP contribution >= 0.6 is 0 Å². The molecule has 1 N–H and O–H groups in total. The van der Waals surface area contributed by atoms with E-state index in [1.807, 2.05) is 36.5 Å². The fourth-order valence-corrected chi connectivity index (χ4v) is 3.53. The van der Waals surface area contributed by atoms with Gasteiger partial charge < -0.3 is 14.6 Å². The van der Waals surface area contributed by atoms with E-state index < -0.39 is 11.9 Å². The molecule has 1 aliphatic heterocycles. The summed E-state index contributed by atoms with van der Waals surface area (Å²) in [6.07, 6.45) is 3.55. The van der Waals surface area contributed by atoms with E-state index in [9.17, 15) is 9.90 Å². The monoisotopic (exact) mass is 342 g/mol. The van der Waals surface area contributed by atoms with Crippen molar-refractivity contribution in [3.8, 4) is 11.5 Å². The molecule has 0 aliphatic carbocycles. The third kappa shape index (κ3) is 3.58. The van der Waals surface area contributed by atoms with Gasteiger partial charge in [-0.1, -0.05) is 18.2 Å². The normalized spacial score (nSPS) is 20.4. The van der Waals surface area contributed by atoms with Crippen LogP contribution in [0.1, 0.15) is 17.0 Å². The first-order valence-corrected chi connectivity index (χ1v) is 8.19. The number of aromatic nitrogens is 1. The number of methoxy groups -OCH3 is 2. The lowest BCUT2D eigenvalue weighted by Gasteiger charge is -2.20. The lowest BCUT2D eigenvalue weighted by molar-refractivity contribution is -0.141. The molecule has 0 amide bonds. The van der Waals surface area contributed by atoms with Gasteiger partial charge in [-0.15, -0.1) is 0 Å². The van der Waals surface area contributed by atoms with E-state index in [2.05, 4.69) is 9.88 Å². The number of carbonyl (C=O) groups is 1. The smallest absolute Gasteiger partial charge is 0.308 e. The molecule has 0 bridgehead atoms. The number of ether oxygens (including phenoxy) is 2. The summed E-state index contributed by atoms with van der Waals surface area (Å²) in [6.45, 7) is 1.82. The average Bonchev–Trinajstić information content (AvgIpc) is 3.05. The lowest BCUT2D eigenvalue weighted by atomic mass is 9.88. The second-order valence-corrected chi connectivity index (χ2v) is 6.19. The molecule has 1 aromatic heterocycles. The molecule has 1 fully saturated rings. The largest absolute Gasteiger partial charge is 0.493 e. The van der Waals surface area contributed by atoms with Crippen LogP contribution in [-0.2, 0) is 11.3 Å². The fourth-order valence-electron chi connectivity index (χ4n) is 3.53. The van der Waals surface area contributed by atoms with Crippen molar-refractivity contribution < 1.29 is 19.4 Å². The predicted octanol–water partition coefficient (Wildman–Crippen LogP) is 2.40. The Bertz CT molecular complexity index is 735. The van der Waals surface area contributed by atoms with Gasteiger partial charge in [-0.2, -0.15) is 0 Å². The molecule has 2 atom stereocenters. The number of hydrogen-bond donors (Lipinski definition) is 1. The van der Waals surface area contributed by atoms with E-state index in [0.717, 1.165) is 11.1 Å². The van der Waals surface area contributed by atoms with Crippen LogP contribution in [0.2, 0.25) is 0 Å². The minimum atomic E-state index is -0.788.